The van der Waals surface area contributed by atoms with Crippen LogP contribution in [-0.4, -0.2) is 0 Å². The first-order valence-corrected chi connectivity index (χ1v) is 21.0. The molecule has 0 N–H and O–H groups in total. The van der Waals surface area contributed by atoms with Gasteiger partial charge in [-0.3, -0.25) is 0 Å². The lowest BCUT2D eigenvalue weighted by molar-refractivity contribution is 0.657. The van der Waals surface area contributed by atoms with Crippen molar-refractivity contribution in [2.45, 2.75) is 19.3 Å². The van der Waals surface area contributed by atoms with Crippen LogP contribution in [0.15, 0.2) is 199 Å². The summed E-state index contributed by atoms with van der Waals surface area (Å²) in [4.78, 5) is 0. The highest BCUT2D eigenvalue weighted by Gasteiger charge is 2.38. The summed E-state index contributed by atoms with van der Waals surface area (Å²) in [6.07, 6.45) is 0. The molecule has 60 heavy (non-hydrogen) atoms. The molecule has 0 spiro atoms. The van der Waals surface area contributed by atoms with Crippen LogP contribution >= 0.6 is 0 Å². The molecule has 0 fully saturated rings. The molecule has 1 aliphatic carbocycles. The van der Waals surface area contributed by atoms with Gasteiger partial charge < -0.3 is 4.42 Å². The average molecular weight is 763 g/mol. The first-order chi connectivity index (χ1) is 29.5. The van der Waals surface area contributed by atoms with Crippen molar-refractivity contribution in [2.24, 2.45) is 0 Å². The van der Waals surface area contributed by atoms with Crippen molar-refractivity contribution in [3.05, 3.63) is 205 Å². The van der Waals surface area contributed by atoms with Gasteiger partial charge in [-0.15, -0.1) is 0 Å². The van der Waals surface area contributed by atoms with Crippen LogP contribution in [0.5, 0.6) is 0 Å². The van der Waals surface area contributed by atoms with Gasteiger partial charge in [-0.25, -0.2) is 0 Å². The largest absolute Gasteiger partial charge is 0.455 e. The van der Waals surface area contributed by atoms with E-state index in [-0.39, 0.29) is 5.41 Å². The van der Waals surface area contributed by atoms with Crippen molar-refractivity contribution in [1.29, 1.82) is 0 Å². The van der Waals surface area contributed by atoms with Gasteiger partial charge in [0.1, 0.15) is 11.2 Å². The minimum atomic E-state index is -0.169. The molecule has 0 atom stereocenters. The molecule has 1 heteroatoms. The molecule has 0 amide bonds. The van der Waals surface area contributed by atoms with E-state index in [1.165, 1.54) is 115 Å². The van der Waals surface area contributed by atoms with Crippen molar-refractivity contribution in [1.82, 2.24) is 0 Å². The maximum absolute atomic E-state index is 7.12. The van der Waals surface area contributed by atoms with Gasteiger partial charge in [0, 0.05) is 21.8 Å². The van der Waals surface area contributed by atoms with E-state index < -0.39 is 0 Å². The molecule has 0 bridgehead atoms. The molecule has 0 radical (unpaired) electrons. The predicted octanol–water partition coefficient (Wildman–Crippen LogP) is 16.7. The molecule has 12 aromatic rings. The Balaban J connectivity index is 1.10. The average Bonchev–Trinajstić information content (AvgIpc) is 3.78. The maximum atomic E-state index is 7.12. The van der Waals surface area contributed by atoms with E-state index in [1.807, 2.05) is 0 Å². The molecule has 1 aromatic heterocycles. The van der Waals surface area contributed by atoms with E-state index in [0.717, 1.165) is 16.7 Å². The standard InChI is InChI=1S/C59H38O/c1-59(2)51-26-14-13-21-42(51)49-31-32-52-56(57(49)59)50-34-37-17-5-6-18-39(37)55(58(50)60-52)48-30-29-47(40-19-7-8-20-41(40)48)54-45-24-11-9-22-43(45)53(44-23-10-12-25-46(44)54)38-28-27-35-15-3-4-16-36(35)33-38/h3-34H,1-2H3. The van der Waals surface area contributed by atoms with Gasteiger partial charge in [0.05, 0.1) is 0 Å². The van der Waals surface area contributed by atoms with E-state index in [9.17, 15) is 0 Å². The van der Waals surface area contributed by atoms with E-state index >= 15 is 0 Å². The van der Waals surface area contributed by atoms with Gasteiger partial charge in [0.15, 0.2) is 0 Å². The van der Waals surface area contributed by atoms with Crippen LogP contribution in [-0.2, 0) is 5.41 Å². The van der Waals surface area contributed by atoms with Crippen molar-refractivity contribution >= 4 is 75.8 Å². The van der Waals surface area contributed by atoms with E-state index in [2.05, 4.69) is 208 Å². The molecule has 1 aliphatic rings. The number of benzene rings is 11. The Morgan fingerprint density at radius 2 is 0.883 bits per heavy atom. The second kappa shape index (κ2) is 12.3. The number of hydrogen-bond acceptors (Lipinski definition) is 1. The normalized spacial score (nSPS) is 13.3. The van der Waals surface area contributed by atoms with Crippen LogP contribution in [0.25, 0.3) is 120 Å². The molecule has 0 aliphatic heterocycles. The Bertz CT molecular complexity index is 3750. The van der Waals surface area contributed by atoms with Gasteiger partial charge in [-0.1, -0.05) is 190 Å². The second-order valence-corrected chi connectivity index (χ2v) is 17.1. The van der Waals surface area contributed by atoms with Gasteiger partial charge in [0.2, 0.25) is 0 Å². The Morgan fingerprint density at radius 3 is 1.58 bits per heavy atom. The van der Waals surface area contributed by atoms with Crippen molar-refractivity contribution in [3.8, 4) is 44.5 Å². The summed E-state index contributed by atoms with van der Waals surface area (Å²) in [5.41, 5.74) is 14.4. The Morgan fingerprint density at radius 1 is 0.350 bits per heavy atom. The van der Waals surface area contributed by atoms with Gasteiger partial charge in [-0.05, 0) is 122 Å². The van der Waals surface area contributed by atoms with E-state index in [0.29, 0.717) is 0 Å². The van der Waals surface area contributed by atoms with Crippen LogP contribution in [0.4, 0.5) is 0 Å². The lowest BCUT2D eigenvalue weighted by atomic mass is 9.80. The molecular formula is C59H38O. The highest BCUT2D eigenvalue weighted by molar-refractivity contribution is 6.27. The number of furan rings is 1. The third-order valence-electron chi connectivity index (χ3n) is 13.6. The molecule has 0 unspecified atom stereocenters. The first kappa shape index (κ1) is 33.5. The number of hydrogen-bond donors (Lipinski definition) is 0. The van der Waals surface area contributed by atoms with Crippen LogP contribution in [0.3, 0.4) is 0 Å². The summed E-state index contributed by atoms with van der Waals surface area (Å²) in [6, 6.07) is 71.8. The molecule has 280 valence electrons. The highest BCUT2D eigenvalue weighted by atomic mass is 16.3. The summed E-state index contributed by atoms with van der Waals surface area (Å²) in [5, 5.41) is 14.7. The molecule has 1 nitrogen and oxygen atoms in total. The summed E-state index contributed by atoms with van der Waals surface area (Å²) >= 11 is 0. The summed E-state index contributed by atoms with van der Waals surface area (Å²) in [7, 11) is 0. The molecule has 0 saturated heterocycles. The van der Waals surface area contributed by atoms with Crippen LogP contribution < -0.4 is 0 Å². The smallest absolute Gasteiger partial charge is 0.143 e. The Hall–Kier alpha value is -7.48. The molecular weight excluding hydrogens is 725 g/mol. The molecule has 11 aromatic carbocycles. The summed E-state index contributed by atoms with van der Waals surface area (Å²) in [6.45, 7) is 4.73. The Kier molecular flexibility index (Phi) is 6.85. The molecule has 1 heterocycles. The topological polar surface area (TPSA) is 13.1 Å². The predicted molar refractivity (Wildman–Crippen MR) is 255 cm³/mol. The minimum absolute atomic E-state index is 0.169. The molecule has 0 saturated carbocycles. The lowest BCUT2D eigenvalue weighted by Gasteiger charge is -2.22. The van der Waals surface area contributed by atoms with E-state index in [4.69, 9.17) is 4.42 Å². The van der Waals surface area contributed by atoms with Crippen LogP contribution in [0.1, 0.15) is 25.0 Å². The summed E-state index contributed by atoms with van der Waals surface area (Å²) in [5.74, 6) is 0. The van der Waals surface area contributed by atoms with Crippen LogP contribution in [0.2, 0.25) is 0 Å². The highest BCUT2D eigenvalue weighted by Crippen LogP contribution is 2.55. The third-order valence-corrected chi connectivity index (χ3v) is 13.6. The third kappa shape index (κ3) is 4.52. The number of fused-ring (bicyclic) bond motifs is 12. The fourth-order valence-electron chi connectivity index (χ4n) is 11.0. The zero-order valence-corrected chi connectivity index (χ0v) is 33.4. The maximum Gasteiger partial charge on any atom is 0.143 e. The fourth-order valence-corrected chi connectivity index (χ4v) is 11.0. The summed E-state index contributed by atoms with van der Waals surface area (Å²) < 4.78 is 7.12. The zero-order valence-electron chi connectivity index (χ0n) is 33.4. The van der Waals surface area contributed by atoms with Crippen molar-refractivity contribution < 1.29 is 4.42 Å². The second-order valence-electron chi connectivity index (χ2n) is 17.1. The van der Waals surface area contributed by atoms with Gasteiger partial charge >= 0.3 is 0 Å². The SMILES string of the molecule is CC1(C)c2ccccc2-c2ccc3oc4c(-c5ccc(-c6c7ccccc7c(-c7ccc8ccccc8c7)c7ccccc67)c6ccccc56)c5ccccc5cc4c3c21. The molecule has 13 rings (SSSR count). The van der Waals surface area contributed by atoms with Crippen LogP contribution in [0, 0.1) is 0 Å². The lowest BCUT2D eigenvalue weighted by Crippen LogP contribution is -2.15. The Labute approximate surface area is 347 Å². The fraction of sp³-hybridized carbons (Fsp3) is 0.0508. The first-order valence-electron chi connectivity index (χ1n) is 21.0. The van der Waals surface area contributed by atoms with Gasteiger partial charge in [0.25, 0.3) is 0 Å². The monoisotopic (exact) mass is 762 g/mol. The van der Waals surface area contributed by atoms with E-state index in [1.54, 1.807) is 0 Å². The van der Waals surface area contributed by atoms with Crippen molar-refractivity contribution in [3.63, 3.8) is 0 Å². The minimum Gasteiger partial charge on any atom is -0.455 e. The zero-order chi connectivity index (χ0) is 39.7. The number of rotatable bonds is 3. The quantitative estimate of drug-likeness (QED) is 0.163. The van der Waals surface area contributed by atoms with Gasteiger partial charge in [-0.2, -0.15) is 0 Å². The van der Waals surface area contributed by atoms with Crippen molar-refractivity contribution in [2.75, 3.05) is 0 Å².